The van der Waals surface area contributed by atoms with Crippen molar-refractivity contribution < 1.29 is 0 Å². The molecule has 1 unspecified atom stereocenters. The van der Waals surface area contributed by atoms with E-state index in [4.69, 9.17) is 11.5 Å². The molecule has 0 fully saturated rings. The van der Waals surface area contributed by atoms with Gasteiger partial charge < -0.3 is 11.5 Å². The Morgan fingerprint density at radius 3 is 2.56 bits per heavy atom. The standard InChI is InChI=1S/C5H13N3S/c1-4(2-3-9)8-5(6)7/h4,9H,2-3H2,1H3,(H4,6,7,8). The first-order valence-corrected chi connectivity index (χ1v) is 3.49. The van der Waals surface area contributed by atoms with Gasteiger partial charge in [-0.2, -0.15) is 12.6 Å². The van der Waals surface area contributed by atoms with E-state index in [1.54, 1.807) is 0 Å². The number of hydrogen-bond donors (Lipinski definition) is 3. The van der Waals surface area contributed by atoms with Crippen molar-refractivity contribution in [3.05, 3.63) is 0 Å². The average molecular weight is 147 g/mol. The highest BCUT2D eigenvalue weighted by Gasteiger charge is 1.95. The second kappa shape index (κ2) is 4.49. The highest BCUT2D eigenvalue weighted by molar-refractivity contribution is 7.80. The van der Waals surface area contributed by atoms with Crippen molar-refractivity contribution in [3.8, 4) is 0 Å². The Labute approximate surface area is 60.9 Å². The molecule has 4 heteroatoms. The second-order valence-electron chi connectivity index (χ2n) is 1.92. The molecule has 4 N–H and O–H groups in total. The Balaban J connectivity index is 3.49. The summed E-state index contributed by atoms with van der Waals surface area (Å²) in [4.78, 5) is 3.89. The Morgan fingerprint density at radius 1 is 1.67 bits per heavy atom. The van der Waals surface area contributed by atoms with Gasteiger partial charge in [0.2, 0.25) is 0 Å². The fraction of sp³-hybridized carbons (Fsp3) is 0.800. The van der Waals surface area contributed by atoms with Crippen LogP contribution in [0.4, 0.5) is 0 Å². The van der Waals surface area contributed by atoms with Crippen LogP contribution in [0.25, 0.3) is 0 Å². The minimum Gasteiger partial charge on any atom is -0.370 e. The predicted molar refractivity (Wildman–Crippen MR) is 43.7 cm³/mol. The lowest BCUT2D eigenvalue weighted by atomic mass is 10.3. The van der Waals surface area contributed by atoms with E-state index in [2.05, 4.69) is 17.6 Å². The quantitative estimate of drug-likeness (QED) is 0.298. The fourth-order valence-corrected chi connectivity index (χ4v) is 0.880. The number of hydrogen-bond acceptors (Lipinski definition) is 2. The van der Waals surface area contributed by atoms with Gasteiger partial charge >= 0.3 is 0 Å². The maximum atomic E-state index is 5.13. The molecule has 1 atom stereocenters. The van der Waals surface area contributed by atoms with E-state index in [-0.39, 0.29) is 12.0 Å². The fourth-order valence-electron chi connectivity index (χ4n) is 0.506. The summed E-state index contributed by atoms with van der Waals surface area (Å²) in [7, 11) is 0. The number of nitrogens with two attached hydrogens (primary N) is 2. The van der Waals surface area contributed by atoms with Crippen LogP contribution in [0, 0.1) is 0 Å². The van der Waals surface area contributed by atoms with Gasteiger partial charge in [0.1, 0.15) is 0 Å². The van der Waals surface area contributed by atoms with Gasteiger partial charge in [-0.3, -0.25) is 4.99 Å². The zero-order valence-electron chi connectivity index (χ0n) is 5.54. The number of aliphatic imine (C=N–C) groups is 1. The van der Waals surface area contributed by atoms with Gasteiger partial charge in [-0.25, -0.2) is 0 Å². The van der Waals surface area contributed by atoms with E-state index in [1.807, 2.05) is 6.92 Å². The Bertz CT molecular complexity index is 98.4. The van der Waals surface area contributed by atoms with Crippen molar-refractivity contribution in [2.45, 2.75) is 19.4 Å². The number of nitrogens with zero attached hydrogens (tertiary/aromatic N) is 1. The lowest BCUT2D eigenvalue weighted by Gasteiger charge is -2.01. The molecule has 0 radical (unpaired) electrons. The van der Waals surface area contributed by atoms with Crippen LogP contribution in [0.1, 0.15) is 13.3 Å². The monoisotopic (exact) mass is 147 g/mol. The van der Waals surface area contributed by atoms with Crippen LogP contribution >= 0.6 is 12.6 Å². The highest BCUT2D eigenvalue weighted by Crippen LogP contribution is 1.96. The SMILES string of the molecule is CC(CCS)N=C(N)N. The van der Waals surface area contributed by atoms with E-state index in [0.29, 0.717) is 0 Å². The Hall–Kier alpha value is -0.380. The van der Waals surface area contributed by atoms with Gasteiger partial charge in [-0.1, -0.05) is 0 Å². The van der Waals surface area contributed by atoms with Crippen LogP contribution < -0.4 is 11.5 Å². The first-order valence-electron chi connectivity index (χ1n) is 2.86. The normalized spacial score (nSPS) is 12.7. The van der Waals surface area contributed by atoms with Crippen molar-refractivity contribution in [2.75, 3.05) is 5.75 Å². The summed E-state index contributed by atoms with van der Waals surface area (Å²) in [5.74, 6) is 0.974. The third-order valence-corrected chi connectivity index (χ3v) is 1.17. The molecule has 0 rings (SSSR count). The molecular formula is C5H13N3S. The zero-order valence-corrected chi connectivity index (χ0v) is 6.44. The molecule has 54 valence electrons. The lowest BCUT2D eigenvalue weighted by Crippen LogP contribution is -2.24. The first kappa shape index (κ1) is 8.62. The summed E-state index contributed by atoms with van der Waals surface area (Å²) < 4.78 is 0. The molecule has 0 aromatic carbocycles. The largest absolute Gasteiger partial charge is 0.370 e. The topological polar surface area (TPSA) is 64.4 Å². The van der Waals surface area contributed by atoms with Crippen molar-refractivity contribution >= 4 is 18.6 Å². The van der Waals surface area contributed by atoms with Gasteiger partial charge in [0.15, 0.2) is 5.96 Å². The summed E-state index contributed by atoms with van der Waals surface area (Å²) in [6.45, 7) is 1.95. The van der Waals surface area contributed by atoms with Gasteiger partial charge in [0.25, 0.3) is 0 Å². The molecule has 0 aromatic rings. The molecule has 0 aliphatic carbocycles. The molecule has 0 saturated carbocycles. The molecule has 0 heterocycles. The van der Waals surface area contributed by atoms with Gasteiger partial charge in [0, 0.05) is 0 Å². The third kappa shape index (κ3) is 5.49. The molecule has 0 aliphatic heterocycles. The van der Waals surface area contributed by atoms with Crippen LogP contribution in [-0.2, 0) is 0 Å². The Kier molecular flexibility index (Phi) is 4.30. The number of rotatable bonds is 3. The number of guanidine groups is 1. The van der Waals surface area contributed by atoms with Crippen molar-refractivity contribution in [1.29, 1.82) is 0 Å². The van der Waals surface area contributed by atoms with Gasteiger partial charge in [-0.15, -0.1) is 0 Å². The van der Waals surface area contributed by atoms with Crippen LogP contribution in [-0.4, -0.2) is 17.8 Å². The summed E-state index contributed by atoms with van der Waals surface area (Å²) in [5.41, 5.74) is 10.3. The predicted octanol–water partition coefficient (Wildman–Crippen LogP) is -0.0318. The van der Waals surface area contributed by atoms with Crippen LogP contribution in [0.15, 0.2) is 4.99 Å². The first-order chi connectivity index (χ1) is 4.16. The van der Waals surface area contributed by atoms with E-state index in [1.165, 1.54) is 0 Å². The van der Waals surface area contributed by atoms with E-state index in [0.717, 1.165) is 12.2 Å². The third-order valence-electron chi connectivity index (χ3n) is 0.916. The molecule has 0 amide bonds. The molecule has 0 spiro atoms. The van der Waals surface area contributed by atoms with Gasteiger partial charge in [-0.05, 0) is 19.1 Å². The summed E-state index contributed by atoms with van der Waals surface area (Å²) in [5, 5.41) is 0. The van der Waals surface area contributed by atoms with E-state index < -0.39 is 0 Å². The van der Waals surface area contributed by atoms with Crippen LogP contribution in [0.2, 0.25) is 0 Å². The molecule has 3 nitrogen and oxygen atoms in total. The van der Waals surface area contributed by atoms with Gasteiger partial charge in [0.05, 0.1) is 6.04 Å². The lowest BCUT2D eigenvalue weighted by molar-refractivity contribution is 0.722. The minimum atomic E-state index is 0.157. The van der Waals surface area contributed by atoms with Crippen molar-refractivity contribution in [1.82, 2.24) is 0 Å². The maximum Gasteiger partial charge on any atom is 0.186 e. The van der Waals surface area contributed by atoms with E-state index >= 15 is 0 Å². The summed E-state index contributed by atoms with van der Waals surface area (Å²) in [6.07, 6.45) is 0.918. The van der Waals surface area contributed by atoms with Crippen LogP contribution in [0.5, 0.6) is 0 Å². The smallest absolute Gasteiger partial charge is 0.186 e. The van der Waals surface area contributed by atoms with Crippen molar-refractivity contribution in [3.63, 3.8) is 0 Å². The summed E-state index contributed by atoms with van der Waals surface area (Å²) in [6, 6.07) is 0.201. The van der Waals surface area contributed by atoms with Crippen LogP contribution in [0.3, 0.4) is 0 Å². The highest BCUT2D eigenvalue weighted by atomic mass is 32.1. The maximum absolute atomic E-state index is 5.13. The average Bonchev–Trinajstić information content (AvgIpc) is 1.63. The van der Waals surface area contributed by atoms with E-state index in [9.17, 15) is 0 Å². The molecule has 0 saturated heterocycles. The zero-order chi connectivity index (χ0) is 7.28. The molecule has 0 bridgehead atoms. The molecule has 0 aliphatic rings. The summed E-state index contributed by atoms with van der Waals surface area (Å²) >= 11 is 4.03. The minimum absolute atomic E-state index is 0.157. The number of thiol groups is 1. The Morgan fingerprint density at radius 2 is 2.22 bits per heavy atom. The molecule has 0 aromatic heterocycles. The second-order valence-corrected chi connectivity index (χ2v) is 2.36. The molecular weight excluding hydrogens is 134 g/mol. The van der Waals surface area contributed by atoms with Crippen molar-refractivity contribution in [2.24, 2.45) is 16.5 Å². The molecule has 9 heavy (non-hydrogen) atoms.